The van der Waals surface area contributed by atoms with Gasteiger partial charge in [-0.3, -0.25) is 9.69 Å². The number of rotatable bonds is 6. The monoisotopic (exact) mass is 437 g/mol. The zero-order valence-electron chi connectivity index (χ0n) is 12.3. The van der Waals surface area contributed by atoms with Crippen LogP contribution in [0.15, 0.2) is 22.5 Å². The molecule has 0 aromatic carbocycles. The largest absolute Gasteiger partial charge is 0.357 e. The molecule has 9 heteroatoms. The standard InChI is InChI=1S/C13H19N5O2S.HI/c1-2-14-12(16-8-10-4-3-7-21-10)15-5-6-18-11(19)9-17-13(18)20;/h3-4,7H,2,5-6,8-9H2,1H3,(H,17,20)(H2,14,15,16);1H. The molecule has 1 aromatic rings. The SMILES string of the molecule is CCNC(=NCc1cccs1)NCCN1C(=O)CNC1=O.I. The normalized spacial score (nSPS) is 14.6. The van der Waals surface area contributed by atoms with E-state index in [2.05, 4.69) is 20.9 Å². The molecule has 2 heterocycles. The van der Waals surface area contributed by atoms with Crippen molar-refractivity contribution in [1.29, 1.82) is 0 Å². The topological polar surface area (TPSA) is 85.8 Å². The minimum atomic E-state index is -0.331. The van der Waals surface area contributed by atoms with Crippen LogP contribution < -0.4 is 16.0 Å². The Morgan fingerprint density at radius 3 is 2.86 bits per heavy atom. The van der Waals surface area contributed by atoms with Gasteiger partial charge in [0, 0.05) is 24.5 Å². The maximum Gasteiger partial charge on any atom is 0.324 e. The van der Waals surface area contributed by atoms with E-state index in [0.717, 1.165) is 6.54 Å². The molecule has 0 aliphatic carbocycles. The fraction of sp³-hybridized carbons (Fsp3) is 0.462. The zero-order chi connectivity index (χ0) is 15.1. The van der Waals surface area contributed by atoms with E-state index >= 15 is 0 Å². The zero-order valence-corrected chi connectivity index (χ0v) is 15.4. The first-order chi connectivity index (χ1) is 10.2. The molecule has 0 saturated carbocycles. The molecule has 3 amide bonds. The van der Waals surface area contributed by atoms with E-state index in [4.69, 9.17) is 0 Å². The Hall–Kier alpha value is -1.36. The number of halogens is 1. The highest BCUT2D eigenvalue weighted by Gasteiger charge is 2.27. The summed E-state index contributed by atoms with van der Waals surface area (Å²) < 4.78 is 0. The van der Waals surface area contributed by atoms with Crippen molar-refractivity contribution in [3.63, 3.8) is 0 Å². The number of nitrogens with one attached hydrogen (secondary N) is 3. The van der Waals surface area contributed by atoms with Crippen LogP contribution in [0.2, 0.25) is 0 Å². The molecule has 1 aromatic heterocycles. The van der Waals surface area contributed by atoms with E-state index in [0.29, 0.717) is 25.6 Å². The Labute approximate surface area is 150 Å². The second kappa shape index (κ2) is 9.62. The number of amides is 3. The van der Waals surface area contributed by atoms with E-state index < -0.39 is 0 Å². The number of urea groups is 1. The number of hydrogen-bond donors (Lipinski definition) is 3. The maximum atomic E-state index is 11.4. The van der Waals surface area contributed by atoms with Gasteiger partial charge in [-0.05, 0) is 18.4 Å². The highest BCUT2D eigenvalue weighted by molar-refractivity contribution is 14.0. The van der Waals surface area contributed by atoms with Crippen LogP contribution in [0.1, 0.15) is 11.8 Å². The summed E-state index contributed by atoms with van der Waals surface area (Å²) in [5.41, 5.74) is 0. The first kappa shape index (κ1) is 18.7. The third-order valence-corrected chi connectivity index (χ3v) is 3.74. The molecule has 122 valence electrons. The lowest BCUT2D eigenvalue weighted by Crippen LogP contribution is -2.43. The predicted molar refractivity (Wildman–Crippen MR) is 97.7 cm³/mol. The number of carbonyl (C=O) groups excluding carboxylic acids is 2. The van der Waals surface area contributed by atoms with Crippen molar-refractivity contribution in [2.75, 3.05) is 26.2 Å². The molecule has 0 unspecified atom stereocenters. The first-order valence-electron chi connectivity index (χ1n) is 6.83. The van der Waals surface area contributed by atoms with Crippen LogP contribution in [0.3, 0.4) is 0 Å². The Morgan fingerprint density at radius 2 is 2.27 bits per heavy atom. The van der Waals surface area contributed by atoms with Gasteiger partial charge in [-0.1, -0.05) is 6.07 Å². The van der Waals surface area contributed by atoms with Crippen molar-refractivity contribution in [3.8, 4) is 0 Å². The number of imide groups is 1. The fourth-order valence-electron chi connectivity index (χ4n) is 1.87. The average Bonchev–Trinajstić information content (AvgIpc) is 3.09. The van der Waals surface area contributed by atoms with Gasteiger partial charge in [-0.25, -0.2) is 9.79 Å². The summed E-state index contributed by atoms with van der Waals surface area (Å²) in [6.07, 6.45) is 0. The molecule has 1 saturated heterocycles. The van der Waals surface area contributed by atoms with Crippen LogP contribution in [-0.4, -0.2) is 49.0 Å². The van der Waals surface area contributed by atoms with Gasteiger partial charge in [0.2, 0.25) is 5.91 Å². The maximum absolute atomic E-state index is 11.4. The molecule has 3 N–H and O–H groups in total. The van der Waals surface area contributed by atoms with E-state index in [1.54, 1.807) is 11.3 Å². The van der Waals surface area contributed by atoms with Crippen molar-refractivity contribution < 1.29 is 9.59 Å². The summed E-state index contributed by atoms with van der Waals surface area (Å²) in [6, 6.07) is 3.70. The molecule has 0 atom stereocenters. The summed E-state index contributed by atoms with van der Waals surface area (Å²) in [4.78, 5) is 29.7. The Balaban J connectivity index is 0.00000242. The quantitative estimate of drug-likeness (QED) is 0.268. The summed E-state index contributed by atoms with van der Waals surface area (Å²) in [5.74, 6) is 0.486. The van der Waals surface area contributed by atoms with Gasteiger partial charge in [-0.15, -0.1) is 35.3 Å². The number of guanidine groups is 1. The smallest absolute Gasteiger partial charge is 0.324 e. The summed E-state index contributed by atoms with van der Waals surface area (Å²) in [7, 11) is 0. The second-order valence-corrected chi connectivity index (χ2v) is 5.44. The van der Waals surface area contributed by atoms with Gasteiger partial charge in [0.25, 0.3) is 0 Å². The van der Waals surface area contributed by atoms with Gasteiger partial charge in [0.15, 0.2) is 5.96 Å². The lowest BCUT2D eigenvalue weighted by molar-refractivity contribution is -0.124. The molecule has 22 heavy (non-hydrogen) atoms. The molecule has 1 aliphatic heterocycles. The molecule has 1 aliphatic rings. The third kappa shape index (κ3) is 5.44. The van der Waals surface area contributed by atoms with Gasteiger partial charge < -0.3 is 16.0 Å². The Bertz CT molecular complexity index is 505. The predicted octanol–water partition coefficient (Wildman–Crippen LogP) is 0.973. The van der Waals surface area contributed by atoms with Crippen molar-refractivity contribution in [2.45, 2.75) is 13.5 Å². The molecule has 2 rings (SSSR count). The minimum absolute atomic E-state index is 0. The molecule has 0 radical (unpaired) electrons. The first-order valence-corrected chi connectivity index (χ1v) is 7.71. The number of hydrogen-bond acceptors (Lipinski definition) is 4. The molecule has 0 bridgehead atoms. The van der Waals surface area contributed by atoms with Crippen LogP contribution in [0, 0.1) is 0 Å². The molecule has 0 spiro atoms. The van der Waals surface area contributed by atoms with Crippen molar-refractivity contribution >= 4 is 53.2 Å². The average molecular weight is 437 g/mol. The molecule has 7 nitrogen and oxygen atoms in total. The highest BCUT2D eigenvalue weighted by Crippen LogP contribution is 2.09. The van der Waals surface area contributed by atoms with Crippen LogP contribution in [0.4, 0.5) is 4.79 Å². The molecular weight excluding hydrogens is 417 g/mol. The Morgan fingerprint density at radius 1 is 1.45 bits per heavy atom. The van der Waals surface area contributed by atoms with Crippen molar-refractivity contribution in [2.24, 2.45) is 4.99 Å². The van der Waals surface area contributed by atoms with Crippen molar-refractivity contribution in [3.05, 3.63) is 22.4 Å². The van der Waals surface area contributed by atoms with Crippen LogP contribution in [0.5, 0.6) is 0 Å². The number of thiophene rings is 1. The summed E-state index contributed by atoms with van der Waals surface area (Å²) in [5, 5.41) is 10.8. The van der Waals surface area contributed by atoms with Crippen LogP contribution >= 0.6 is 35.3 Å². The number of carbonyl (C=O) groups is 2. The lowest BCUT2D eigenvalue weighted by Gasteiger charge is -2.15. The van der Waals surface area contributed by atoms with Crippen molar-refractivity contribution in [1.82, 2.24) is 20.9 Å². The van der Waals surface area contributed by atoms with Gasteiger partial charge in [0.1, 0.15) is 0 Å². The lowest BCUT2D eigenvalue weighted by atomic mass is 10.5. The third-order valence-electron chi connectivity index (χ3n) is 2.88. The van der Waals surface area contributed by atoms with Gasteiger partial charge in [0.05, 0.1) is 13.1 Å². The van der Waals surface area contributed by atoms with E-state index in [1.807, 2.05) is 24.4 Å². The minimum Gasteiger partial charge on any atom is -0.357 e. The summed E-state index contributed by atoms with van der Waals surface area (Å²) in [6.45, 7) is 4.23. The second-order valence-electron chi connectivity index (χ2n) is 4.41. The van der Waals surface area contributed by atoms with E-state index in [-0.39, 0.29) is 42.5 Å². The van der Waals surface area contributed by atoms with E-state index in [1.165, 1.54) is 9.78 Å². The highest BCUT2D eigenvalue weighted by atomic mass is 127. The Kier molecular flexibility index (Phi) is 8.17. The number of aliphatic imine (C=N–C) groups is 1. The van der Waals surface area contributed by atoms with Gasteiger partial charge in [-0.2, -0.15) is 0 Å². The summed E-state index contributed by atoms with van der Waals surface area (Å²) >= 11 is 1.66. The molecular formula is C13H20IN5O2S. The van der Waals surface area contributed by atoms with E-state index in [9.17, 15) is 9.59 Å². The van der Waals surface area contributed by atoms with Gasteiger partial charge >= 0.3 is 6.03 Å². The molecule has 1 fully saturated rings. The van der Waals surface area contributed by atoms with Crippen LogP contribution in [0.25, 0.3) is 0 Å². The van der Waals surface area contributed by atoms with Crippen LogP contribution in [-0.2, 0) is 11.3 Å². The fourth-order valence-corrected chi connectivity index (χ4v) is 2.50. The number of nitrogens with zero attached hydrogens (tertiary/aromatic N) is 2.